The number of rotatable bonds is 3. The van der Waals surface area contributed by atoms with E-state index in [-0.39, 0.29) is 5.91 Å². The van der Waals surface area contributed by atoms with E-state index in [9.17, 15) is 4.79 Å². The Bertz CT molecular complexity index is 895. The Hall–Kier alpha value is -2.31. The lowest BCUT2D eigenvalue weighted by molar-refractivity contribution is -0.116. The maximum atomic E-state index is 12.3. The fraction of sp³-hybridized carbons (Fsp3) is 0.455. The lowest BCUT2D eigenvalue weighted by Gasteiger charge is -2.36. The predicted octanol–water partition coefficient (Wildman–Crippen LogP) is 3.37. The molecular formula is C22H26ClN5O. The molecular weight excluding hydrogens is 386 g/mol. The predicted molar refractivity (Wildman–Crippen MR) is 117 cm³/mol. The van der Waals surface area contributed by atoms with Crippen LogP contribution < -0.4 is 15.1 Å². The van der Waals surface area contributed by atoms with E-state index in [1.807, 2.05) is 18.3 Å². The Morgan fingerprint density at radius 3 is 2.69 bits per heavy atom. The summed E-state index contributed by atoms with van der Waals surface area (Å²) in [5.41, 5.74) is 3.25. The highest BCUT2D eigenvalue weighted by Gasteiger charge is 2.32. The van der Waals surface area contributed by atoms with Gasteiger partial charge in [0, 0.05) is 68.6 Å². The molecule has 3 aliphatic heterocycles. The van der Waals surface area contributed by atoms with Crippen molar-refractivity contribution in [3.63, 3.8) is 0 Å². The molecule has 2 fully saturated rings. The third kappa shape index (κ3) is 3.91. The smallest absolute Gasteiger partial charge is 0.226 e. The third-order valence-corrected chi connectivity index (χ3v) is 6.49. The Kier molecular flexibility index (Phi) is 5.06. The monoisotopic (exact) mass is 411 g/mol. The highest BCUT2D eigenvalue weighted by atomic mass is 35.5. The van der Waals surface area contributed by atoms with Crippen molar-refractivity contribution >= 4 is 34.7 Å². The number of halogens is 1. The van der Waals surface area contributed by atoms with E-state index >= 15 is 0 Å². The lowest BCUT2D eigenvalue weighted by atomic mass is 10.1. The number of nitrogens with one attached hydrogen (secondary N) is 1. The average Bonchev–Trinajstić information content (AvgIpc) is 3.12. The van der Waals surface area contributed by atoms with Crippen molar-refractivity contribution in [2.45, 2.75) is 31.8 Å². The first kappa shape index (κ1) is 18.7. The standard InChI is InChI=1S/C22H26ClN5O/c23-17-3-5-18(6-4-17)27-10-8-26(9-11-27)15-16-12-20-22(24-14-16)28-7-1-2-19(28)13-21(29)25-20/h3-6,12,14,19H,1-2,7-11,13,15H2,(H,25,29). The highest BCUT2D eigenvalue weighted by Crippen LogP contribution is 2.35. The van der Waals surface area contributed by atoms with Gasteiger partial charge >= 0.3 is 0 Å². The summed E-state index contributed by atoms with van der Waals surface area (Å²) in [6.07, 6.45) is 4.77. The van der Waals surface area contributed by atoms with Crippen LogP contribution in [-0.2, 0) is 11.3 Å². The molecule has 1 aromatic heterocycles. The number of benzene rings is 1. The van der Waals surface area contributed by atoms with Crippen LogP contribution in [0, 0.1) is 0 Å². The van der Waals surface area contributed by atoms with Crippen molar-refractivity contribution in [1.82, 2.24) is 9.88 Å². The van der Waals surface area contributed by atoms with Gasteiger partial charge in [0.1, 0.15) is 0 Å². The van der Waals surface area contributed by atoms with Crippen LogP contribution in [0.25, 0.3) is 0 Å². The molecule has 2 saturated heterocycles. The van der Waals surface area contributed by atoms with E-state index < -0.39 is 0 Å². The number of hydrogen-bond acceptors (Lipinski definition) is 5. The lowest BCUT2D eigenvalue weighted by Crippen LogP contribution is -2.46. The summed E-state index contributed by atoms with van der Waals surface area (Å²) < 4.78 is 0. The van der Waals surface area contributed by atoms with Crippen molar-refractivity contribution in [2.24, 2.45) is 0 Å². The zero-order valence-electron chi connectivity index (χ0n) is 16.5. The second-order valence-electron chi connectivity index (χ2n) is 8.20. The van der Waals surface area contributed by atoms with Gasteiger partial charge in [-0.25, -0.2) is 4.98 Å². The van der Waals surface area contributed by atoms with Crippen LogP contribution in [0.5, 0.6) is 0 Å². The van der Waals surface area contributed by atoms with Crippen molar-refractivity contribution in [1.29, 1.82) is 0 Å². The van der Waals surface area contributed by atoms with Crippen LogP contribution in [0.2, 0.25) is 5.02 Å². The molecule has 152 valence electrons. The van der Waals surface area contributed by atoms with Crippen molar-refractivity contribution < 1.29 is 4.79 Å². The van der Waals surface area contributed by atoms with Crippen LogP contribution in [0.15, 0.2) is 36.5 Å². The molecule has 2 aromatic rings. The first-order chi connectivity index (χ1) is 14.2. The van der Waals surface area contributed by atoms with E-state index in [2.05, 4.69) is 38.2 Å². The van der Waals surface area contributed by atoms with Crippen molar-refractivity contribution in [2.75, 3.05) is 47.8 Å². The Labute approximate surface area is 176 Å². The number of fused-ring (bicyclic) bond motifs is 3. The average molecular weight is 412 g/mol. The van der Waals surface area contributed by atoms with E-state index in [0.717, 1.165) is 74.2 Å². The van der Waals surface area contributed by atoms with E-state index in [4.69, 9.17) is 16.6 Å². The number of pyridine rings is 1. The second kappa shape index (κ2) is 7.84. The van der Waals surface area contributed by atoms with Gasteiger partial charge in [-0.3, -0.25) is 9.69 Å². The topological polar surface area (TPSA) is 51.7 Å². The van der Waals surface area contributed by atoms with E-state index in [0.29, 0.717) is 12.5 Å². The molecule has 0 aliphatic carbocycles. The van der Waals surface area contributed by atoms with Gasteiger partial charge in [0.25, 0.3) is 0 Å². The van der Waals surface area contributed by atoms with Gasteiger partial charge in [0.2, 0.25) is 5.91 Å². The number of carbonyl (C=O) groups is 1. The van der Waals surface area contributed by atoms with E-state index in [1.165, 1.54) is 5.69 Å². The zero-order chi connectivity index (χ0) is 19.8. The molecule has 0 bridgehead atoms. The first-order valence-corrected chi connectivity index (χ1v) is 10.8. The summed E-state index contributed by atoms with van der Waals surface area (Å²) in [7, 11) is 0. The first-order valence-electron chi connectivity index (χ1n) is 10.4. The normalized spacial score (nSPS) is 22.1. The third-order valence-electron chi connectivity index (χ3n) is 6.24. The minimum Gasteiger partial charge on any atom is -0.369 e. The van der Waals surface area contributed by atoms with Gasteiger partial charge in [-0.15, -0.1) is 0 Å². The molecule has 5 rings (SSSR count). The summed E-state index contributed by atoms with van der Waals surface area (Å²) in [5.74, 6) is 1.05. The second-order valence-corrected chi connectivity index (χ2v) is 8.63. The molecule has 1 amide bonds. The molecule has 4 heterocycles. The summed E-state index contributed by atoms with van der Waals surface area (Å²) in [6, 6.07) is 10.5. The molecule has 6 nitrogen and oxygen atoms in total. The van der Waals surface area contributed by atoms with Crippen LogP contribution >= 0.6 is 11.6 Å². The molecule has 29 heavy (non-hydrogen) atoms. The Balaban J connectivity index is 1.25. The van der Waals surface area contributed by atoms with Gasteiger partial charge < -0.3 is 15.1 Å². The quantitative estimate of drug-likeness (QED) is 0.839. The molecule has 3 aliphatic rings. The van der Waals surface area contributed by atoms with Gasteiger partial charge in [-0.2, -0.15) is 0 Å². The summed E-state index contributed by atoms with van der Waals surface area (Å²) in [4.78, 5) is 24.2. The van der Waals surface area contributed by atoms with Crippen LogP contribution in [0.4, 0.5) is 17.2 Å². The van der Waals surface area contributed by atoms with Crippen LogP contribution in [0.1, 0.15) is 24.8 Å². The number of anilines is 3. The molecule has 7 heteroatoms. The number of piperazine rings is 1. The summed E-state index contributed by atoms with van der Waals surface area (Å²) in [6.45, 7) is 5.83. The van der Waals surface area contributed by atoms with Gasteiger partial charge in [-0.05, 0) is 48.7 Å². The Morgan fingerprint density at radius 1 is 1.10 bits per heavy atom. The molecule has 1 unspecified atom stereocenters. The van der Waals surface area contributed by atoms with Crippen molar-refractivity contribution in [3.8, 4) is 0 Å². The zero-order valence-corrected chi connectivity index (χ0v) is 17.2. The Morgan fingerprint density at radius 2 is 1.90 bits per heavy atom. The largest absolute Gasteiger partial charge is 0.369 e. The van der Waals surface area contributed by atoms with Crippen LogP contribution in [-0.4, -0.2) is 54.6 Å². The van der Waals surface area contributed by atoms with Gasteiger partial charge in [0.05, 0.1) is 5.69 Å². The number of amides is 1. The van der Waals surface area contributed by atoms with Gasteiger partial charge in [0.15, 0.2) is 5.82 Å². The van der Waals surface area contributed by atoms with Crippen molar-refractivity contribution in [3.05, 3.63) is 47.1 Å². The molecule has 0 spiro atoms. The highest BCUT2D eigenvalue weighted by molar-refractivity contribution is 6.30. The summed E-state index contributed by atoms with van der Waals surface area (Å²) >= 11 is 6.00. The number of aromatic nitrogens is 1. The molecule has 0 saturated carbocycles. The molecule has 0 radical (unpaired) electrons. The fourth-order valence-electron chi connectivity index (χ4n) is 4.72. The number of carbonyl (C=O) groups excluding carboxylic acids is 1. The maximum absolute atomic E-state index is 12.3. The summed E-state index contributed by atoms with van der Waals surface area (Å²) in [5, 5.41) is 3.85. The molecule has 1 atom stereocenters. The minimum absolute atomic E-state index is 0.108. The van der Waals surface area contributed by atoms with Crippen LogP contribution in [0.3, 0.4) is 0 Å². The fourth-order valence-corrected chi connectivity index (χ4v) is 4.85. The number of hydrogen-bond donors (Lipinski definition) is 1. The molecule has 1 aromatic carbocycles. The van der Waals surface area contributed by atoms with Gasteiger partial charge in [-0.1, -0.05) is 11.6 Å². The SMILES string of the molecule is O=C1CC2CCCN2c2ncc(CN3CCN(c4ccc(Cl)cc4)CC3)cc2N1. The maximum Gasteiger partial charge on any atom is 0.226 e. The minimum atomic E-state index is 0.108. The number of nitrogens with zero attached hydrogens (tertiary/aromatic N) is 4. The van der Waals surface area contributed by atoms with E-state index in [1.54, 1.807) is 0 Å². The molecule has 1 N–H and O–H groups in total.